The summed E-state index contributed by atoms with van der Waals surface area (Å²) in [5.41, 5.74) is 1.37. The number of nitrogens with one attached hydrogen (secondary N) is 1. The summed E-state index contributed by atoms with van der Waals surface area (Å²) in [7, 11) is 0. The minimum Gasteiger partial charge on any atom is -0.478 e. The predicted molar refractivity (Wildman–Crippen MR) is 68.7 cm³/mol. The van der Waals surface area contributed by atoms with Gasteiger partial charge in [-0.15, -0.1) is 0 Å². The number of carboxylic acid groups (broad SMARTS) is 1. The second kappa shape index (κ2) is 5.50. The lowest BCUT2D eigenvalue weighted by Crippen LogP contribution is -2.36. The van der Waals surface area contributed by atoms with Crippen LogP contribution in [0.15, 0.2) is 24.3 Å². The highest BCUT2D eigenvalue weighted by molar-refractivity contribution is 5.87. The van der Waals surface area contributed by atoms with Crippen LogP contribution >= 0.6 is 0 Å². The number of carbonyl (C=O) groups is 1. The highest BCUT2D eigenvalue weighted by Crippen LogP contribution is 2.23. The van der Waals surface area contributed by atoms with E-state index in [0.29, 0.717) is 5.56 Å². The van der Waals surface area contributed by atoms with E-state index >= 15 is 0 Å². The molecule has 0 bridgehead atoms. The van der Waals surface area contributed by atoms with Crippen molar-refractivity contribution < 1.29 is 14.6 Å². The van der Waals surface area contributed by atoms with Gasteiger partial charge in [0, 0.05) is 19.7 Å². The van der Waals surface area contributed by atoms with E-state index in [-0.39, 0.29) is 5.60 Å². The van der Waals surface area contributed by atoms with Crippen molar-refractivity contribution in [1.29, 1.82) is 0 Å². The Hall–Kier alpha value is -1.39. The molecule has 0 amide bonds. The molecule has 0 saturated carbocycles. The van der Waals surface area contributed by atoms with Gasteiger partial charge in [0.1, 0.15) is 0 Å². The van der Waals surface area contributed by atoms with Gasteiger partial charge >= 0.3 is 5.97 Å². The second-order valence-electron chi connectivity index (χ2n) is 5.01. The van der Waals surface area contributed by atoms with E-state index in [1.165, 1.54) is 0 Å². The Morgan fingerprint density at radius 3 is 2.72 bits per heavy atom. The molecule has 4 heteroatoms. The molecule has 18 heavy (non-hydrogen) atoms. The largest absolute Gasteiger partial charge is 0.478 e. The molecular formula is C14H19NO3. The molecule has 1 heterocycles. The summed E-state index contributed by atoms with van der Waals surface area (Å²) in [5, 5.41) is 12.2. The number of hydrogen-bond donors (Lipinski definition) is 2. The Morgan fingerprint density at radius 2 is 2.17 bits per heavy atom. The lowest BCUT2D eigenvalue weighted by Gasteiger charge is -2.23. The molecule has 1 saturated heterocycles. The van der Waals surface area contributed by atoms with Gasteiger partial charge in [-0.05, 0) is 37.5 Å². The molecule has 98 valence electrons. The maximum Gasteiger partial charge on any atom is 0.335 e. The normalized spacial score (nSPS) is 23.2. The van der Waals surface area contributed by atoms with Gasteiger partial charge in [-0.25, -0.2) is 4.79 Å². The van der Waals surface area contributed by atoms with Crippen LogP contribution in [-0.2, 0) is 11.3 Å². The first kappa shape index (κ1) is 13.1. The van der Waals surface area contributed by atoms with Crippen LogP contribution in [0.4, 0.5) is 0 Å². The summed E-state index contributed by atoms with van der Waals surface area (Å²) in [4.78, 5) is 10.7. The van der Waals surface area contributed by atoms with Crippen LogP contribution in [0, 0.1) is 0 Å². The van der Waals surface area contributed by atoms with Gasteiger partial charge in [-0.1, -0.05) is 12.1 Å². The van der Waals surface area contributed by atoms with Crippen LogP contribution in [0.2, 0.25) is 0 Å². The van der Waals surface area contributed by atoms with Crippen molar-refractivity contribution in [1.82, 2.24) is 5.32 Å². The van der Waals surface area contributed by atoms with Crippen molar-refractivity contribution in [3.63, 3.8) is 0 Å². The van der Waals surface area contributed by atoms with Crippen LogP contribution in [0.3, 0.4) is 0 Å². The molecule has 0 radical (unpaired) electrons. The zero-order valence-corrected chi connectivity index (χ0v) is 10.6. The van der Waals surface area contributed by atoms with Gasteiger partial charge < -0.3 is 15.2 Å². The van der Waals surface area contributed by atoms with Crippen molar-refractivity contribution in [2.45, 2.75) is 31.9 Å². The van der Waals surface area contributed by atoms with Crippen LogP contribution in [0.25, 0.3) is 0 Å². The zero-order chi connectivity index (χ0) is 13.0. The minimum atomic E-state index is -0.888. The Balaban J connectivity index is 1.81. The van der Waals surface area contributed by atoms with Gasteiger partial charge in [-0.2, -0.15) is 0 Å². The predicted octanol–water partition coefficient (Wildman–Crippen LogP) is 2.04. The van der Waals surface area contributed by atoms with Gasteiger partial charge in [-0.3, -0.25) is 0 Å². The van der Waals surface area contributed by atoms with Crippen LogP contribution in [-0.4, -0.2) is 29.8 Å². The summed E-state index contributed by atoms with van der Waals surface area (Å²) < 4.78 is 5.69. The van der Waals surface area contributed by atoms with Crippen molar-refractivity contribution in [3.05, 3.63) is 35.4 Å². The Morgan fingerprint density at radius 1 is 1.44 bits per heavy atom. The molecule has 1 unspecified atom stereocenters. The molecule has 1 aliphatic rings. The van der Waals surface area contributed by atoms with Gasteiger partial charge in [0.25, 0.3) is 0 Å². The smallest absolute Gasteiger partial charge is 0.335 e. The summed E-state index contributed by atoms with van der Waals surface area (Å²) in [6.07, 6.45) is 2.23. The quantitative estimate of drug-likeness (QED) is 0.838. The van der Waals surface area contributed by atoms with Crippen LogP contribution in [0.1, 0.15) is 35.7 Å². The number of rotatable bonds is 5. The summed E-state index contributed by atoms with van der Waals surface area (Å²) in [5.74, 6) is -0.888. The highest BCUT2D eigenvalue weighted by Gasteiger charge is 2.28. The number of aromatic carboxylic acids is 1. The summed E-state index contributed by atoms with van der Waals surface area (Å²) >= 11 is 0. The first-order chi connectivity index (χ1) is 8.59. The van der Waals surface area contributed by atoms with Gasteiger partial charge in [0.05, 0.1) is 11.2 Å². The fraction of sp³-hybridized carbons (Fsp3) is 0.500. The molecule has 4 nitrogen and oxygen atoms in total. The lowest BCUT2D eigenvalue weighted by molar-refractivity contribution is 0.0207. The summed E-state index contributed by atoms with van der Waals surface area (Å²) in [6.45, 7) is 4.54. The molecule has 0 aliphatic carbocycles. The molecule has 0 aromatic heterocycles. The number of hydrogen-bond acceptors (Lipinski definition) is 3. The number of ether oxygens (including phenoxy) is 1. The monoisotopic (exact) mass is 249 g/mol. The molecule has 2 rings (SSSR count). The first-order valence-corrected chi connectivity index (χ1v) is 6.26. The Bertz CT molecular complexity index is 408. The van der Waals surface area contributed by atoms with Crippen molar-refractivity contribution in [3.8, 4) is 0 Å². The molecular weight excluding hydrogens is 230 g/mol. The minimum absolute atomic E-state index is 0.0407. The molecule has 1 atom stereocenters. The van der Waals surface area contributed by atoms with Crippen LogP contribution < -0.4 is 5.32 Å². The van der Waals surface area contributed by atoms with E-state index in [9.17, 15) is 4.79 Å². The van der Waals surface area contributed by atoms with Crippen molar-refractivity contribution in [2.24, 2.45) is 0 Å². The lowest BCUT2D eigenvalue weighted by atomic mass is 10.0. The molecule has 1 aliphatic heterocycles. The topological polar surface area (TPSA) is 58.6 Å². The molecule has 1 fully saturated rings. The van der Waals surface area contributed by atoms with E-state index < -0.39 is 5.97 Å². The zero-order valence-electron chi connectivity index (χ0n) is 10.6. The Labute approximate surface area is 107 Å². The molecule has 0 spiro atoms. The highest BCUT2D eigenvalue weighted by atomic mass is 16.5. The third-order valence-electron chi connectivity index (χ3n) is 3.33. The van der Waals surface area contributed by atoms with Gasteiger partial charge in [0.15, 0.2) is 0 Å². The average molecular weight is 249 g/mol. The third-order valence-corrected chi connectivity index (χ3v) is 3.33. The van der Waals surface area contributed by atoms with Crippen molar-refractivity contribution in [2.75, 3.05) is 13.2 Å². The average Bonchev–Trinajstić information content (AvgIpc) is 2.77. The fourth-order valence-electron chi connectivity index (χ4n) is 2.21. The standard InChI is InChI=1S/C14H19NO3/c1-14(7-2-8-18-14)10-15-9-11-3-5-12(6-4-11)13(16)17/h3-6,15H,2,7-10H2,1H3,(H,16,17). The second-order valence-corrected chi connectivity index (χ2v) is 5.01. The van der Waals surface area contributed by atoms with Crippen molar-refractivity contribution >= 4 is 5.97 Å². The Kier molecular flexibility index (Phi) is 3.99. The van der Waals surface area contributed by atoms with E-state index in [1.54, 1.807) is 12.1 Å². The third kappa shape index (κ3) is 3.31. The number of benzene rings is 1. The van der Waals surface area contributed by atoms with E-state index in [4.69, 9.17) is 9.84 Å². The molecule has 1 aromatic rings. The van der Waals surface area contributed by atoms with Gasteiger partial charge in [0.2, 0.25) is 0 Å². The van der Waals surface area contributed by atoms with Crippen LogP contribution in [0.5, 0.6) is 0 Å². The van der Waals surface area contributed by atoms with E-state index in [1.807, 2.05) is 12.1 Å². The SMILES string of the molecule is CC1(CNCc2ccc(C(=O)O)cc2)CCCO1. The van der Waals surface area contributed by atoms with E-state index in [2.05, 4.69) is 12.2 Å². The maximum atomic E-state index is 10.7. The molecule has 1 aromatic carbocycles. The summed E-state index contributed by atoms with van der Waals surface area (Å²) in [6, 6.07) is 6.95. The maximum absolute atomic E-state index is 10.7. The first-order valence-electron chi connectivity index (χ1n) is 6.26. The van der Waals surface area contributed by atoms with E-state index in [0.717, 1.165) is 38.1 Å². The number of carboxylic acids is 1. The molecule has 2 N–H and O–H groups in total. The fourth-order valence-corrected chi connectivity index (χ4v) is 2.21.